The first-order valence-corrected chi connectivity index (χ1v) is 9.47. The summed E-state index contributed by atoms with van der Waals surface area (Å²) in [5, 5.41) is 44.2. The minimum Gasteiger partial charge on any atom is -0.481 e. The van der Waals surface area contributed by atoms with Gasteiger partial charge in [-0.05, 0) is 18.3 Å². The van der Waals surface area contributed by atoms with Crippen molar-refractivity contribution in [3.8, 4) is 0 Å². The Morgan fingerprint density at radius 2 is 1.62 bits per heavy atom. The zero-order valence-electron chi connectivity index (χ0n) is 17.9. The van der Waals surface area contributed by atoms with E-state index in [0.717, 1.165) is 0 Å². The molecule has 0 fully saturated rings. The number of amides is 1. The Labute approximate surface area is 183 Å². The van der Waals surface area contributed by atoms with E-state index in [1.165, 1.54) is 6.92 Å². The third-order valence-corrected chi connectivity index (χ3v) is 3.52. The largest absolute Gasteiger partial charge is 0.481 e. The molecular weight excluding hydrogens is 442 g/mol. The van der Waals surface area contributed by atoms with Crippen molar-refractivity contribution in [1.29, 1.82) is 0 Å². The van der Waals surface area contributed by atoms with Crippen molar-refractivity contribution in [1.82, 2.24) is 16.1 Å². The normalized spacial score (nSPS) is 14.3. The van der Waals surface area contributed by atoms with Crippen molar-refractivity contribution in [3.63, 3.8) is 0 Å². The van der Waals surface area contributed by atoms with Gasteiger partial charge in [0.15, 0.2) is 0 Å². The number of hydrogen-bond donors (Lipinski definition) is 6. The maximum atomic E-state index is 11.8. The molecule has 32 heavy (non-hydrogen) atoms. The van der Waals surface area contributed by atoms with Gasteiger partial charge in [-0.1, -0.05) is 13.8 Å². The SMILES string of the molecule is CC(C)C[C@H](CNC(=O)OC(C)OC(=O)COC[C@@H](CON(O)O)ON(O)O)CC(=O)O. The molecule has 6 N–H and O–H groups in total. The highest BCUT2D eigenvalue weighted by molar-refractivity contribution is 5.71. The molecule has 0 aromatic heterocycles. The van der Waals surface area contributed by atoms with Crippen LogP contribution < -0.4 is 5.32 Å². The monoisotopic (exact) mass is 473 g/mol. The highest BCUT2D eigenvalue weighted by atomic mass is 17.1. The van der Waals surface area contributed by atoms with Crippen LogP contribution in [0.3, 0.4) is 0 Å². The lowest BCUT2D eigenvalue weighted by molar-refractivity contribution is -0.528. The van der Waals surface area contributed by atoms with Crippen molar-refractivity contribution in [3.05, 3.63) is 0 Å². The highest BCUT2D eigenvalue weighted by Crippen LogP contribution is 2.14. The number of carboxylic acid groups (broad SMARTS) is 1. The van der Waals surface area contributed by atoms with Crippen LogP contribution in [-0.2, 0) is 33.5 Å². The minimum absolute atomic E-state index is 0.0718. The van der Waals surface area contributed by atoms with E-state index in [-0.39, 0.29) is 24.8 Å². The summed E-state index contributed by atoms with van der Waals surface area (Å²) < 4.78 is 14.6. The van der Waals surface area contributed by atoms with Crippen LogP contribution in [0.5, 0.6) is 0 Å². The van der Waals surface area contributed by atoms with E-state index in [2.05, 4.69) is 15.0 Å². The standard InChI is InChI=1S/C16H31N3O13/c1-10(2)4-12(5-14(20)21)6-17-16(23)31-11(3)30-15(22)9-28-7-13(32-19(26)27)8-29-18(24)25/h10-13,24-27H,4-9H2,1-3H3,(H,17,23)(H,20,21)/t11?,12-,13-/m0/s1. The van der Waals surface area contributed by atoms with Gasteiger partial charge in [-0.3, -0.25) is 25.6 Å². The fourth-order valence-corrected chi connectivity index (χ4v) is 2.48. The number of hydrogen-bond acceptors (Lipinski definition) is 14. The summed E-state index contributed by atoms with van der Waals surface area (Å²) in [5.41, 5.74) is 0. The average Bonchev–Trinajstić information content (AvgIpc) is 2.62. The van der Waals surface area contributed by atoms with Crippen molar-refractivity contribution < 1.29 is 64.2 Å². The van der Waals surface area contributed by atoms with E-state index in [1.807, 2.05) is 13.8 Å². The molecule has 0 bridgehead atoms. The van der Waals surface area contributed by atoms with Crippen LogP contribution in [0, 0.1) is 11.8 Å². The maximum absolute atomic E-state index is 11.8. The quantitative estimate of drug-likeness (QED) is 0.0940. The van der Waals surface area contributed by atoms with Gasteiger partial charge in [-0.2, -0.15) is 0 Å². The van der Waals surface area contributed by atoms with Gasteiger partial charge in [0.1, 0.15) is 19.3 Å². The van der Waals surface area contributed by atoms with Gasteiger partial charge < -0.3 is 24.6 Å². The van der Waals surface area contributed by atoms with E-state index in [0.29, 0.717) is 6.42 Å². The Hall–Kier alpha value is -2.15. The second kappa shape index (κ2) is 16.5. The van der Waals surface area contributed by atoms with Crippen LogP contribution in [0.4, 0.5) is 4.79 Å². The van der Waals surface area contributed by atoms with E-state index < -0.39 is 61.0 Å². The van der Waals surface area contributed by atoms with E-state index >= 15 is 0 Å². The molecule has 0 heterocycles. The smallest absolute Gasteiger partial charge is 0.410 e. The van der Waals surface area contributed by atoms with Gasteiger partial charge in [0, 0.05) is 19.9 Å². The molecule has 0 radical (unpaired) electrons. The molecule has 0 aliphatic carbocycles. The minimum atomic E-state index is -1.28. The summed E-state index contributed by atoms with van der Waals surface area (Å²) in [4.78, 5) is 43.1. The molecule has 3 atom stereocenters. The highest BCUT2D eigenvalue weighted by Gasteiger charge is 2.20. The molecule has 0 saturated carbocycles. The van der Waals surface area contributed by atoms with Crippen LogP contribution >= 0.6 is 0 Å². The Balaban J connectivity index is 4.29. The summed E-state index contributed by atoms with van der Waals surface area (Å²) in [6, 6.07) is 0. The van der Waals surface area contributed by atoms with E-state index in [1.54, 1.807) is 0 Å². The number of ether oxygens (including phenoxy) is 3. The number of rotatable bonds is 17. The third-order valence-electron chi connectivity index (χ3n) is 3.52. The van der Waals surface area contributed by atoms with Gasteiger partial charge >= 0.3 is 18.0 Å². The predicted molar refractivity (Wildman–Crippen MR) is 97.7 cm³/mol. The van der Waals surface area contributed by atoms with Gasteiger partial charge in [-0.25, -0.2) is 19.3 Å². The topological polar surface area (TPSA) is 217 Å². The average molecular weight is 473 g/mol. The Bertz CT molecular complexity index is 561. The number of carboxylic acids is 1. The molecule has 0 spiro atoms. The maximum Gasteiger partial charge on any atom is 0.410 e. The Morgan fingerprint density at radius 1 is 0.969 bits per heavy atom. The molecule has 16 heteroatoms. The fourth-order valence-electron chi connectivity index (χ4n) is 2.48. The number of nitrogens with zero attached hydrogens (tertiary/aromatic N) is 2. The summed E-state index contributed by atoms with van der Waals surface area (Å²) in [7, 11) is 0. The number of esters is 1. The van der Waals surface area contributed by atoms with Crippen LogP contribution in [0.2, 0.25) is 0 Å². The Kier molecular flexibility index (Phi) is 15.4. The first kappa shape index (κ1) is 29.9. The third kappa shape index (κ3) is 17.5. The van der Waals surface area contributed by atoms with Crippen LogP contribution in [0.1, 0.15) is 33.6 Å². The summed E-state index contributed by atoms with van der Waals surface area (Å²) >= 11 is 0. The molecule has 188 valence electrons. The van der Waals surface area contributed by atoms with Crippen LogP contribution in [0.15, 0.2) is 0 Å². The zero-order valence-corrected chi connectivity index (χ0v) is 17.9. The van der Waals surface area contributed by atoms with Gasteiger partial charge in [0.05, 0.1) is 17.4 Å². The number of carbonyl (C=O) groups excluding carboxylic acids is 2. The van der Waals surface area contributed by atoms with Gasteiger partial charge in [0.25, 0.3) is 0 Å². The lowest BCUT2D eigenvalue weighted by atomic mass is 9.94. The second-order valence-electron chi connectivity index (χ2n) is 6.98. The molecule has 0 aliphatic heterocycles. The van der Waals surface area contributed by atoms with Crippen molar-refractivity contribution in [2.24, 2.45) is 11.8 Å². The molecular formula is C16H31N3O13. The molecule has 0 aromatic carbocycles. The van der Waals surface area contributed by atoms with Crippen LogP contribution in [0.25, 0.3) is 0 Å². The molecule has 0 aliphatic rings. The summed E-state index contributed by atoms with van der Waals surface area (Å²) in [6.07, 6.45) is -2.98. The van der Waals surface area contributed by atoms with Crippen molar-refractivity contribution in [2.75, 3.05) is 26.4 Å². The van der Waals surface area contributed by atoms with Gasteiger partial charge in [-0.15, -0.1) is 0 Å². The predicted octanol–water partition coefficient (Wildman–Crippen LogP) is 0.148. The van der Waals surface area contributed by atoms with E-state index in [4.69, 9.17) is 40.1 Å². The Morgan fingerprint density at radius 3 is 2.16 bits per heavy atom. The molecule has 16 nitrogen and oxygen atoms in total. The summed E-state index contributed by atoms with van der Waals surface area (Å²) in [5.74, 6) is -1.98. The number of aliphatic carboxylic acids is 1. The molecule has 1 amide bonds. The molecule has 0 rings (SSSR count). The second-order valence-corrected chi connectivity index (χ2v) is 6.98. The number of nitrogens with one attached hydrogen (secondary N) is 1. The molecule has 1 unspecified atom stereocenters. The van der Waals surface area contributed by atoms with Crippen molar-refractivity contribution in [2.45, 2.75) is 46.0 Å². The molecule has 0 saturated heterocycles. The number of alkyl carbamates (subject to hydrolysis) is 1. The lowest BCUT2D eigenvalue weighted by Crippen LogP contribution is -2.36. The lowest BCUT2D eigenvalue weighted by Gasteiger charge is -2.20. The van der Waals surface area contributed by atoms with Gasteiger partial charge in [0.2, 0.25) is 6.29 Å². The van der Waals surface area contributed by atoms with E-state index in [9.17, 15) is 14.4 Å². The fraction of sp³-hybridized carbons (Fsp3) is 0.812. The first-order chi connectivity index (χ1) is 14.9. The summed E-state index contributed by atoms with van der Waals surface area (Å²) in [6.45, 7) is 3.49. The number of carbonyl (C=O) groups is 3. The van der Waals surface area contributed by atoms with Crippen LogP contribution in [-0.4, -0.2) is 93.5 Å². The van der Waals surface area contributed by atoms with Crippen molar-refractivity contribution >= 4 is 18.0 Å². The zero-order chi connectivity index (χ0) is 24.7. The first-order valence-electron chi connectivity index (χ1n) is 9.47. The molecule has 0 aromatic rings.